The van der Waals surface area contributed by atoms with Gasteiger partial charge in [-0.3, -0.25) is 9.59 Å². The van der Waals surface area contributed by atoms with Crippen LogP contribution in [0.25, 0.3) is 0 Å². The number of amides is 2. The molecule has 6 nitrogen and oxygen atoms in total. The number of halogens is 1. The van der Waals surface area contributed by atoms with E-state index in [1.165, 1.54) is 0 Å². The summed E-state index contributed by atoms with van der Waals surface area (Å²) in [5.74, 6) is -0.981. The van der Waals surface area contributed by atoms with Crippen LogP contribution in [-0.4, -0.2) is 30.9 Å². The van der Waals surface area contributed by atoms with E-state index in [2.05, 4.69) is 5.32 Å². The van der Waals surface area contributed by atoms with Gasteiger partial charge in [0, 0.05) is 23.7 Å². The third-order valence-electron chi connectivity index (χ3n) is 4.53. The van der Waals surface area contributed by atoms with Crippen LogP contribution in [0.4, 0.5) is 5.69 Å². The van der Waals surface area contributed by atoms with E-state index in [9.17, 15) is 14.4 Å². The van der Waals surface area contributed by atoms with Crippen molar-refractivity contribution in [1.29, 1.82) is 0 Å². The van der Waals surface area contributed by atoms with Gasteiger partial charge in [-0.05, 0) is 49.2 Å². The lowest BCUT2D eigenvalue weighted by molar-refractivity contribution is -0.124. The van der Waals surface area contributed by atoms with E-state index in [1.54, 1.807) is 47.4 Å². The molecule has 1 heterocycles. The quantitative estimate of drug-likeness (QED) is 0.753. The van der Waals surface area contributed by atoms with E-state index in [1.807, 2.05) is 13.0 Å². The van der Waals surface area contributed by atoms with Gasteiger partial charge in [-0.25, -0.2) is 4.79 Å². The van der Waals surface area contributed by atoms with Crippen LogP contribution in [-0.2, 0) is 14.3 Å². The second-order valence-electron chi connectivity index (χ2n) is 6.62. The Labute approximate surface area is 168 Å². The molecule has 1 saturated heterocycles. The van der Waals surface area contributed by atoms with Crippen LogP contribution in [0.15, 0.2) is 48.5 Å². The summed E-state index contributed by atoms with van der Waals surface area (Å²) in [4.78, 5) is 37.9. The van der Waals surface area contributed by atoms with Crippen molar-refractivity contribution in [3.05, 3.63) is 64.7 Å². The summed E-state index contributed by atoms with van der Waals surface area (Å²) in [7, 11) is 0. The summed E-state index contributed by atoms with van der Waals surface area (Å²) in [6, 6.07) is 13.6. The van der Waals surface area contributed by atoms with Gasteiger partial charge in [0.25, 0.3) is 5.91 Å². The van der Waals surface area contributed by atoms with Gasteiger partial charge in [0.15, 0.2) is 6.61 Å². The van der Waals surface area contributed by atoms with Gasteiger partial charge in [-0.2, -0.15) is 0 Å². The first kappa shape index (κ1) is 19.9. The maximum absolute atomic E-state index is 12.3. The van der Waals surface area contributed by atoms with Crippen LogP contribution in [0, 0.1) is 0 Å². The Hall–Kier alpha value is -2.86. The summed E-state index contributed by atoms with van der Waals surface area (Å²) < 4.78 is 5.11. The van der Waals surface area contributed by atoms with E-state index in [4.69, 9.17) is 16.3 Å². The maximum Gasteiger partial charge on any atom is 0.338 e. The number of nitrogens with zero attached hydrogens (tertiary/aromatic N) is 1. The van der Waals surface area contributed by atoms with Crippen molar-refractivity contribution in [1.82, 2.24) is 5.32 Å². The maximum atomic E-state index is 12.3. The lowest BCUT2D eigenvalue weighted by Crippen LogP contribution is -2.31. The normalized spacial score (nSPS) is 14.6. The minimum atomic E-state index is -0.612. The number of hydrogen-bond donors (Lipinski definition) is 1. The molecule has 2 amide bonds. The highest BCUT2D eigenvalue weighted by Crippen LogP contribution is 2.22. The molecule has 0 aromatic heterocycles. The van der Waals surface area contributed by atoms with Gasteiger partial charge in [-0.1, -0.05) is 29.8 Å². The minimum Gasteiger partial charge on any atom is -0.452 e. The van der Waals surface area contributed by atoms with Gasteiger partial charge >= 0.3 is 5.97 Å². The highest BCUT2D eigenvalue weighted by Gasteiger charge is 2.22. The first-order valence-corrected chi connectivity index (χ1v) is 9.44. The Morgan fingerprint density at radius 2 is 2.00 bits per heavy atom. The van der Waals surface area contributed by atoms with Crippen LogP contribution < -0.4 is 10.2 Å². The Morgan fingerprint density at radius 3 is 2.71 bits per heavy atom. The molecule has 0 bridgehead atoms. The fourth-order valence-electron chi connectivity index (χ4n) is 3.08. The van der Waals surface area contributed by atoms with Crippen molar-refractivity contribution >= 4 is 35.1 Å². The average molecular weight is 401 g/mol. The topological polar surface area (TPSA) is 75.7 Å². The number of nitrogens with one attached hydrogen (secondary N) is 1. The zero-order valence-electron chi connectivity index (χ0n) is 15.5. The summed E-state index contributed by atoms with van der Waals surface area (Å²) in [5.41, 5.74) is 1.82. The molecule has 0 saturated carbocycles. The van der Waals surface area contributed by atoms with E-state index in [-0.39, 0.29) is 11.9 Å². The third kappa shape index (κ3) is 4.89. The predicted molar refractivity (Wildman–Crippen MR) is 106 cm³/mol. The summed E-state index contributed by atoms with van der Waals surface area (Å²) in [6.45, 7) is 2.07. The van der Waals surface area contributed by atoms with Crippen molar-refractivity contribution in [3.63, 3.8) is 0 Å². The monoisotopic (exact) mass is 400 g/mol. The van der Waals surface area contributed by atoms with Gasteiger partial charge in [0.2, 0.25) is 5.91 Å². The van der Waals surface area contributed by atoms with Gasteiger partial charge < -0.3 is 15.0 Å². The Kier molecular flexibility index (Phi) is 6.31. The van der Waals surface area contributed by atoms with Crippen LogP contribution in [0.2, 0.25) is 5.02 Å². The summed E-state index contributed by atoms with van der Waals surface area (Å²) >= 11 is 5.96. The fraction of sp³-hybridized carbons (Fsp3) is 0.286. The SMILES string of the molecule is C[C@H](NC(=O)COC(=O)c1cccc(N2CCCC2=O)c1)c1cccc(Cl)c1. The zero-order valence-corrected chi connectivity index (χ0v) is 16.2. The first-order chi connectivity index (χ1) is 13.4. The fourth-order valence-corrected chi connectivity index (χ4v) is 3.28. The largest absolute Gasteiger partial charge is 0.452 e. The molecule has 0 aliphatic carbocycles. The van der Waals surface area contributed by atoms with Crippen molar-refractivity contribution in [2.75, 3.05) is 18.1 Å². The van der Waals surface area contributed by atoms with Crippen LogP contribution in [0.5, 0.6) is 0 Å². The second kappa shape index (κ2) is 8.89. The molecule has 3 rings (SSSR count). The Balaban J connectivity index is 1.55. The first-order valence-electron chi connectivity index (χ1n) is 9.06. The van der Waals surface area contributed by atoms with E-state index in [0.717, 1.165) is 12.0 Å². The minimum absolute atomic E-state index is 0.0416. The van der Waals surface area contributed by atoms with Crippen LogP contribution >= 0.6 is 11.6 Å². The number of anilines is 1. The molecule has 0 radical (unpaired) electrons. The lowest BCUT2D eigenvalue weighted by atomic mass is 10.1. The number of ether oxygens (including phenoxy) is 1. The number of carbonyl (C=O) groups is 3. The highest BCUT2D eigenvalue weighted by atomic mass is 35.5. The molecule has 1 aliphatic heterocycles. The van der Waals surface area contributed by atoms with Crippen LogP contribution in [0.3, 0.4) is 0 Å². The highest BCUT2D eigenvalue weighted by molar-refractivity contribution is 6.30. The number of esters is 1. The molecule has 1 N–H and O–H groups in total. The third-order valence-corrected chi connectivity index (χ3v) is 4.76. The summed E-state index contributed by atoms with van der Waals surface area (Å²) in [6.07, 6.45) is 1.32. The molecular formula is C21H21ClN2O4. The molecule has 146 valence electrons. The van der Waals surface area contributed by atoms with Crippen molar-refractivity contribution in [2.45, 2.75) is 25.8 Å². The smallest absolute Gasteiger partial charge is 0.338 e. The molecular weight excluding hydrogens is 380 g/mol. The van der Waals surface area contributed by atoms with Crippen LogP contribution in [0.1, 0.15) is 41.7 Å². The molecule has 0 unspecified atom stereocenters. The van der Waals surface area contributed by atoms with Gasteiger partial charge in [0.1, 0.15) is 0 Å². The van der Waals surface area contributed by atoms with Crippen molar-refractivity contribution < 1.29 is 19.1 Å². The molecule has 2 aromatic rings. The van der Waals surface area contributed by atoms with E-state index in [0.29, 0.717) is 29.2 Å². The van der Waals surface area contributed by atoms with Gasteiger partial charge in [0.05, 0.1) is 11.6 Å². The standard InChI is InChI=1S/C21H21ClN2O4/c1-14(15-5-2-7-17(22)11-15)23-19(25)13-28-21(27)16-6-3-8-18(12-16)24-10-4-9-20(24)26/h2-3,5-8,11-12,14H,4,9-10,13H2,1H3,(H,23,25)/t14-/m0/s1. The van der Waals surface area contributed by atoms with Crippen molar-refractivity contribution in [2.24, 2.45) is 0 Å². The zero-order chi connectivity index (χ0) is 20.1. The van der Waals surface area contributed by atoms with Gasteiger partial charge in [-0.15, -0.1) is 0 Å². The Morgan fingerprint density at radius 1 is 1.21 bits per heavy atom. The summed E-state index contributed by atoms with van der Waals surface area (Å²) in [5, 5.41) is 3.35. The Bertz CT molecular complexity index is 899. The van der Waals surface area contributed by atoms with E-state index >= 15 is 0 Å². The second-order valence-corrected chi connectivity index (χ2v) is 7.06. The molecule has 2 aromatic carbocycles. The number of carbonyl (C=O) groups excluding carboxylic acids is 3. The average Bonchev–Trinajstić information content (AvgIpc) is 3.12. The van der Waals surface area contributed by atoms with Crippen molar-refractivity contribution in [3.8, 4) is 0 Å². The number of rotatable bonds is 6. The molecule has 1 fully saturated rings. The number of hydrogen-bond acceptors (Lipinski definition) is 4. The van der Waals surface area contributed by atoms with E-state index < -0.39 is 18.5 Å². The molecule has 1 aliphatic rings. The lowest BCUT2D eigenvalue weighted by Gasteiger charge is -2.16. The number of benzene rings is 2. The molecule has 0 spiro atoms. The molecule has 1 atom stereocenters. The predicted octanol–water partition coefficient (Wildman–Crippen LogP) is 3.50. The molecule has 28 heavy (non-hydrogen) atoms. The molecule has 7 heteroatoms.